The van der Waals surface area contributed by atoms with Crippen molar-refractivity contribution in [1.29, 1.82) is 0 Å². The fraction of sp³-hybridized carbons (Fsp3) is 0.636. The predicted octanol–water partition coefficient (Wildman–Crippen LogP) is 17.0. The van der Waals surface area contributed by atoms with Crippen molar-refractivity contribution in [2.75, 3.05) is 0 Å². The molecule has 0 saturated carbocycles. The van der Waals surface area contributed by atoms with Gasteiger partial charge < -0.3 is 0 Å². The third-order valence-corrected chi connectivity index (χ3v) is 16.2. The molecule has 4 aromatic rings. The van der Waals surface area contributed by atoms with Crippen molar-refractivity contribution in [2.24, 2.45) is 0 Å². The normalized spacial score (nSPS) is 17.5. The molecule has 3 aromatic heterocycles. The number of hydrogen-bond acceptors (Lipinski definition) is 4. The van der Waals surface area contributed by atoms with Gasteiger partial charge in [-0.25, -0.2) is 0 Å². The number of benzene rings is 1. The molecule has 0 radical (unpaired) electrons. The molecule has 264 valence electrons. The van der Waals surface area contributed by atoms with E-state index in [4.69, 9.17) is 0 Å². The number of aryl methyl sites for hydroxylation is 2. The molecule has 48 heavy (non-hydrogen) atoms. The first kappa shape index (κ1) is 38.2. The molecule has 0 saturated heterocycles. The Labute approximate surface area is 310 Å². The van der Waals surface area contributed by atoms with Crippen LogP contribution in [0.1, 0.15) is 183 Å². The molecule has 4 heteroatoms. The zero-order valence-corrected chi connectivity index (χ0v) is 34.1. The van der Waals surface area contributed by atoms with Crippen molar-refractivity contribution in [1.82, 2.24) is 0 Å². The first-order valence-corrected chi connectivity index (χ1v) is 23.3. The van der Waals surface area contributed by atoms with Crippen molar-refractivity contribution >= 4 is 55.9 Å². The smallest absolute Gasteiger partial charge is 0.0620 e. The standard InChI is InChI=1S/C44H64S4/c1-5-7-9-11-13-15-17-19-21-23-25-38-37-33-39-36(32-41(47-39)42-34(3)26-29-45-42)31-40(37)48-44(38,43-35(4)27-30-46-43)28-24-22-20-18-16-14-12-10-8-6-2/h26-27,29-33,38H,5-25,28H2,1-4H3. The summed E-state index contributed by atoms with van der Waals surface area (Å²) in [5.41, 5.74) is 4.60. The Morgan fingerprint density at radius 1 is 0.604 bits per heavy atom. The lowest BCUT2D eigenvalue weighted by molar-refractivity contribution is 0.409. The summed E-state index contributed by atoms with van der Waals surface area (Å²) in [5, 5.41) is 6.07. The van der Waals surface area contributed by atoms with Crippen LogP contribution in [0, 0.1) is 13.8 Å². The van der Waals surface area contributed by atoms with Gasteiger partial charge in [0, 0.05) is 30.1 Å². The maximum absolute atomic E-state index is 2.65. The number of rotatable bonds is 24. The summed E-state index contributed by atoms with van der Waals surface area (Å²) >= 11 is 8.24. The number of thioether (sulfide) groups is 1. The average molecular weight is 721 g/mol. The highest BCUT2D eigenvalue weighted by atomic mass is 32.2. The Kier molecular flexibility index (Phi) is 16.0. The molecule has 5 rings (SSSR count). The van der Waals surface area contributed by atoms with E-state index in [1.54, 1.807) is 15.3 Å². The number of thiophene rings is 3. The van der Waals surface area contributed by atoms with Crippen molar-refractivity contribution in [2.45, 2.75) is 185 Å². The largest absolute Gasteiger partial charge is 0.147 e. The highest BCUT2D eigenvalue weighted by Gasteiger charge is 2.49. The summed E-state index contributed by atoms with van der Waals surface area (Å²) < 4.78 is 1.68. The molecule has 2 atom stereocenters. The quantitative estimate of drug-likeness (QED) is 0.0650. The van der Waals surface area contributed by atoms with Crippen LogP contribution in [0.15, 0.2) is 46.0 Å². The van der Waals surface area contributed by atoms with Gasteiger partial charge in [-0.2, -0.15) is 0 Å². The third kappa shape index (κ3) is 10.0. The predicted molar refractivity (Wildman–Crippen MR) is 222 cm³/mol. The number of unbranched alkanes of at least 4 members (excludes halogenated alkanes) is 18. The number of fused-ring (bicyclic) bond motifs is 2. The molecule has 2 unspecified atom stereocenters. The maximum atomic E-state index is 2.65. The lowest BCUT2D eigenvalue weighted by atomic mass is 9.77. The van der Waals surface area contributed by atoms with Gasteiger partial charge in [-0.3, -0.25) is 0 Å². The molecule has 0 aliphatic carbocycles. The Morgan fingerprint density at radius 3 is 1.73 bits per heavy atom. The fourth-order valence-electron chi connectivity index (χ4n) is 8.15. The molecule has 0 nitrogen and oxygen atoms in total. The summed E-state index contributed by atoms with van der Waals surface area (Å²) in [7, 11) is 0. The molecule has 0 N–H and O–H groups in total. The first-order chi connectivity index (χ1) is 23.6. The fourth-order valence-corrected chi connectivity index (χ4v) is 13.5. The van der Waals surface area contributed by atoms with Crippen LogP contribution in [0.2, 0.25) is 0 Å². The average Bonchev–Trinajstić information content (AvgIpc) is 3.87. The molecule has 1 aromatic carbocycles. The molecule has 1 aliphatic heterocycles. The lowest BCUT2D eigenvalue weighted by Crippen LogP contribution is -2.26. The molecule has 0 spiro atoms. The van der Waals surface area contributed by atoms with Crippen LogP contribution in [0.4, 0.5) is 0 Å². The van der Waals surface area contributed by atoms with E-state index in [0.717, 1.165) is 0 Å². The van der Waals surface area contributed by atoms with Gasteiger partial charge in [-0.05, 0) is 89.9 Å². The zero-order valence-electron chi connectivity index (χ0n) is 30.8. The van der Waals surface area contributed by atoms with Gasteiger partial charge in [-0.1, -0.05) is 142 Å². The van der Waals surface area contributed by atoms with Gasteiger partial charge in [0.05, 0.1) is 4.75 Å². The van der Waals surface area contributed by atoms with Crippen LogP contribution >= 0.6 is 45.8 Å². The zero-order chi connectivity index (χ0) is 33.6. The summed E-state index contributed by atoms with van der Waals surface area (Å²) in [6, 6.07) is 12.4. The molecule has 1 aliphatic rings. The first-order valence-electron chi connectivity index (χ1n) is 19.9. The lowest BCUT2D eigenvalue weighted by Gasteiger charge is -2.36. The minimum atomic E-state index is 0.191. The molecule has 0 bridgehead atoms. The van der Waals surface area contributed by atoms with E-state index < -0.39 is 0 Å². The van der Waals surface area contributed by atoms with E-state index in [2.05, 4.69) is 91.9 Å². The molecule has 0 amide bonds. The monoisotopic (exact) mass is 720 g/mol. The van der Waals surface area contributed by atoms with E-state index in [9.17, 15) is 0 Å². The highest BCUT2D eigenvalue weighted by Crippen LogP contribution is 2.65. The van der Waals surface area contributed by atoms with Crippen molar-refractivity contribution in [3.63, 3.8) is 0 Å². The van der Waals surface area contributed by atoms with E-state index >= 15 is 0 Å². The SMILES string of the molecule is CCCCCCCCCCCCC1c2cc3sc(-c4sccc4C)cc3cc2SC1(CCCCCCCCCCCC)c1sccc1C. The van der Waals surface area contributed by atoms with Gasteiger partial charge in [0.2, 0.25) is 0 Å². The summed E-state index contributed by atoms with van der Waals surface area (Å²) in [6.45, 7) is 9.29. The molecular weight excluding hydrogens is 657 g/mol. The van der Waals surface area contributed by atoms with Crippen LogP contribution in [0.5, 0.6) is 0 Å². The van der Waals surface area contributed by atoms with Gasteiger partial charge in [0.1, 0.15) is 0 Å². The Balaban J connectivity index is 1.30. The number of hydrogen-bond donors (Lipinski definition) is 0. The van der Waals surface area contributed by atoms with Gasteiger partial charge in [0.15, 0.2) is 0 Å². The van der Waals surface area contributed by atoms with Crippen LogP contribution < -0.4 is 0 Å². The van der Waals surface area contributed by atoms with Crippen LogP contribution in [-0.2, 0) is 4.75 Å². The van der Waals surface area contributed by atoms with E-state index in [1.807, 2.05) is 22.7 Å². The Bertz CT molecular complexity index is 1490. The highest BCUT2D eigenvalue weighted by molar-refractivity contribution is 8.00. The van der Waals surface area contributed by atoms with E-state index in [-0.39, 0.29) is 4.75 Å². The summed E-state index contributed by atoms with van der Waals surface area (Å²) in [4.78, 5) is 6.15. The van der Waals surface area contributed by atoms with E-state index in [0.29, 0.717) is 5.92 Å². The second kappa shape index (κ2) is 20.1. The minimum Gasteiger partial charge on any atom is -0.147 e. The van der Waals surface area contributed by atoms with Gasteiger partial charge in [0.25, 0.3) is 0 Å². The third-order valence-electron chi connectivity index (χ3n) is 11.0. The van der Waals surface area contributed by atoms with Crippen LogP contribution in [0.3, 0.4) is 0 Å². The molecule has 4 heterocycles. The van der Waals surface area contributed by atoms with Crippen molar-refractivity contribution in [3.8, 4) is 9.75 Å². The van der Waals surface area contributed by atoms with Gasteiger partial charge >= 0.3 is 0 Å². The van der Waals surface area contributed by atoms with Gasteiger partial charge in [-0.15, -0.1) is 45.8 Å². The topological polar surface area (TPSA) is 0 Å². The van der Waals surface area contributed by atoms with Crippen molar-refractivity contribution in [3.05, 3.63) is 62.7 Å². The van der Waals surface area contributed by atoms with Crippen LogP contribution in [-0.4, -0.2) is 0 Å². The van der Waals surface area contributed by atoms with Crippen LogP contribution in [0.25, 0.3) is 19.8 Å². The summed E-state index contributed by atoms with van der Waals surface area (Å²) in [6.07, 6.45) is 30.9. The molecule has 0 fully saturated rings. The maximum Gasteiger partial charge on any atom is 0.0620 e. The second-order valence-corrected chi connectivity index (χ2v) is 19.1. The Morgan fingerprint density at radius 2 is 1.17 bits per heavy atom. The van der Waals surface area contributed by atoms with E-state index in [1.165, 1.54) is 172 Å². The Hall–Kier alpha value is -1.07. The summed E-state index contributed by atoms with van der Waals surface area (Å²) in [5.74, 6) is 0.612. The molecular formula is C44H64S4. The van der Waals surface area contributed by atoms with Crippen molar-refractivity contribution < 1.29 is 0 Å². The minimum absolute atomic E-state index is 0.191. The second-order valence-electron chi connectivity index (χ2n) is 14.9.